The van der Waals surface area contributed by atoms with Crippen LogP contribution in [0.4, 0.5) is 0 Å². The summed E-state index contributed by atoms with van der Waals surface area (Å²) in [4.78, 5) is 26.3. The average Bonchev–Trinajstić information content (AvgIpc) is 2.90. The number of amides is 1. The van der Waals surface area contributed by atoms with Gasteiger partial charge in [0.1, 0.15) is 17.4 Å². The van der Waals surface area contributed by atoms with Crippen molar-refractivity contribution < 1.29 is 19.4 Å². The SMILES string of the molecule is COc1cccc(-c2cnc3c(c2)C(=O)N([C@H](C)CO)C[C@H](C)[C@H](CN(C)Cc2ccncc2)O3)c1. The van der Waals surface area contributed by atoms with E-state index in [0.717, 1.165) is 29.0 Å². The Bertz CT molecular complexity index is 1170. The number of methoxy groups -OCH3 is 1. The average molecular weight is 491 g/mol. The summed E-state index contributed by atoms with van der Waals surface area (Å²) < 4.78 is 11.8. The van der Waals surface area contributed by atoms with Gasteiger partial charge in [0.2, 0.25) is 5.88 Å². The number of carbonyl (C=O) groups excluding carboxylic acids is 1. The lowest BCUT2D eigenvalue weighted by atomic mass is 9.99. The Kier molecular flexibility index (Phi) is 8.18. The van der Waals surface area contributed by atoms with E-state index in [1.807, 2.05) is 49.4 Å². The number of aliphatic hydroxyl groups is 1. The van der Waals surface area contributed by atoms with E-state index in [-0.39, 0.29) is 30.6 Å². The molecule has 0 spiro atoms. The maximum absolute atomic E-state index is 13.7. The number of fused-ring (bicyclic) bond motifs is 1. The Hall–Kier alpha value is -3.49. The monoisotopic (exact) mass is 490 g/mol. The molecule has 1 aliphatic rings. The molecule has 8 nitrogen and oxygen atoms in total. The standard InChI is InChI=1S/C28H34N4O4/c1-19-15-32(20(2)18-33)28(34)25-13-23(22-6-5-7-24(12-22)35-4)14-30-27(25)36-26(19)17-31(3)16-21-8-10-29-11-9-21/h5-14,19-20,26,33H,15-18H2,1-4H3/t19-,20+,26-/m0/s1. The summed E-state index contributed by atoms with van der Waals surface area (Å²) in [5.74, 6) is 0.870. The van der Waals surface area contributed by atoms with Gasteiger partial charge in [0.05, 0.1) is 19.8 Å². The minimum atomic E-state index is -0.332. The van der Waals surface area contributed by atoms with Crippen LogP contribution in [0.2, 0.25) is 0 Å². The second-order valence-corrected chi connectivity index (χ2v) is 9.48. The molecule has 3 aromatic rings. The van der Waals surface area contributed by atoms with Crippen LogP contribution in [0.25, 0.3) is 11.1 Å². The van der Waals surface area contributed by atoms with Crippen molar-refractivity contribution in [3.8, 4) is 22.8 Å². The Labute approximate surface area is 212 Å². The highest BCUT2D eigenvalue weighted by Crippen LogP contribution is 2.31. The number of hydrogen-bond acceptors (Lipinski definition) is 7. The van der Waals surface area contributed by atoms with E-state index < -0.39 is 0 Å². The number of carbonyl (C=O) groups is 1. The highest BCUT2D eigenvalue weighted by atomic mass is 16.5. The molecule has 1 aromatic carbocycles. The number of benzene rings is 1. The van der Waals surface area contributed by atoms with Crippen LogP contribution in [0.1, 0.15) is 29.8 Å². The predicted octanol–water partition coefficient (Wildman–Crippen LogP) is 3.50. The molecule has 3 heterocycles. The van der Waals surface area contributed by atoms with Crippen molar-refractivity contribution in [1.29, 1.82) is 0 Å². The molecule has 0 unspecified atom stereocenters. The molecule has 0 saturated heterocycles. The Morgan fingerprint density at radius 2 is 2.00 bits per heavy atom. The topological polar surface area (TPSA) is 88.0 Å². The van der Waals surface area contributed by atoms with Gasteiger partial charge < -0.3 is 19.5 Å². The highest BCUT2D eigenvalue weighted by Gasteiger charge is 2.34. The highest BCUT2D eigenvalue weighted by molar-refractivity contribution is 5.98. The van der Waals surface area contributed by atoms with E-state index in [2.05, 4.69) is 28.8 Å². The molecule has 0 bridgehead atoms. The molecule has 36 heavy (non-hydrogen) atoms. The van der Waals surface area contributed by atoms with E-state index in [1.54, 1.807) is 30.6 Å². The summed E-state index contributed by atoms with van der Waals surface area (Å²) in [6.07, 6.45) is 5.10. The lowest BCUT2D eigenvalue weighted by Gasteiger charge is -2.37. The lowest BCUT2D eigenvalue weighted by molar-refractivity contribution is 0.0325. The van der Waals surface area contributed by atoms with Crippen molar-refractivity contribution in [3.05, 3.63) is 72.2 Å². The molecule has 0 aliphatic carbocycles. The predicted molar refractivity (Wildman–Crippen MR) is 138 cm³/mol. The summed E-state index contributed by atoms with van der Waals surface area (Å²) >= 11 is 0. The summed E-state index contributed by atoms with van der Waals surface area (Å²) in [7, 11) is 3.67. The van der Waals surface area contributed by atoms with Crippen LogP contribution in [0.3, 0.4) is 0 Å². The van der Waals surface area contributed by atoms with E-state index >= 15 is 0 Å². The number of ether oxygens (including phenoxy) is 2. The van der Waals surface area contributed by atoms with Crippen LogP contribution in [0.15, 0.2) is 61.1 Å². The van der Waals surface area contributed by atoms with Crippen LogP contribution >= 0.6 is 0 Å². The van der Waals surface area contributed by atoms with Gasteiger partial charge in [-0.3, -0.25) is 14.7 Å². The fourth-order valence-corrected chi connectivity index (χ4v) is 4.45. The molecular weight excluding hydrogens is 456 g/mol. The van der Waals surface area contributed by atoms with Gasteiger partial charge in [-0.15, -0.1) is 0 Å². The van der Waals surface area contributed by atoms with Gasteiger partial charge in [0, 0.05) is 49.7 Å². The van der Waals surface area contributed by atoms with E-state index in [1.165, 1.54) is 0 Å². The number of aromatic nitrogens is 2. The van der Waals surface area contributed by atoms with Crippen molar-refractivity contribution >= 4 is 5.91 Å². The Morgan fingerprint density at radius 1 is 1.22 bits per heavy atom. The van der Waals surface area contributed by atoms with Crippen LogP contribution < -0.4 is 9.47 Å². The van der Waals surface area contributed by atoms with Gasteiger partial charge >= 0.3 is 0 Å². The molecule has 1 amide bonds. The quantitative estimate of drug-likeness (QED) is 0.517. The number of nitrogens with zero attached hydrogens (tertiary/aromatic N) is 4. The van der Waals surface area contributed by atoms with Crippen LogP contribution in [0.5, 0.6) is 11.6 Å². The number of pyridine rings is 2. The molecule has 8 heteroatoms. The van der Waals surface area contributed by atoms with Gasteiger partial charge in [0.15, 0.2) is 0 Å². The minimum absolute atomic E-state index is 0.0239. The Balaban J connectivity index is 1.66. The molecule has 190 valence electrons. The zero-order valence-electron chi connectivity index (χ0n) is 21.3. The first-order valence-corrected chi connectivity index (χ1v) is 12.2. The lowest BCUT2D eigenvalue weighted by Crippen LogP contribution is -2.49. The van der Waals surface area contributed by atoms with E-state index in [0.29, 0.717) is 24.5 Å². The fraction of sp³-hybridized carbons (Fsp3) is 0.393. The number of rotatable bonds is 8. The van der Waals surface area contributed by atoms with Gasteiger partial charge in [-0.2, -0.15) is 0 Å². The van der Waals surface area contributed by atoms with Gasteiger partial charge in [0.25, 0.3) is 5.91 Å². The third kappa shape index (κ3) is 5.83. The first-order chi connectivity index (χ1) is 17.4. The van der Waals surface area contributed by atoms with Crippen LogP contribution in [0, 0.1) is 5.92 Å². The van der Waals surface area contributed by atoms with Crippen molar-refractivity contribution in [3.63, 3.8) is 0 Å². The Morgan fingerprint density at radius 3 is 2.72 bits per heavy atom. The van der Waals surface area contributed by atoms with E-state index in [9.17, 15) is 9.90 Å². The van der Waals surface area contributed by atoms with Crippen molar-refractivity contribution in [2.75, 3.05) is 33.9 Å². The van der Waals surface area contributed by atoms with Gasteiger partial charge in [-0.05, 0) is 55.4 Å². The van der Waals surface area contributed by atoms with E-state index in [4.69, 9.17) is 9.47 Å². The second-order valence-electron chi connectivity index (χ2n) is 9.48. The summed E-state index contributed by atoms with van der Waals surface area (Å²) in [5, 5.41) is 9.90. The van der Waals surface area contributed by atoms with Crippen molar-refractivity contribution in [2.45, 2.75) is 32.5 Å². The van der Waals surface area contributed by atoms with Crippen molar-refractivity contribution in [2.24, 2.45) is 5.92 Å². The zero-order chi connectivity index (χ0) is 25.7. The summed E-state index contributed by atoms with van der Waals surface area (Å²) in [6.45, 7) is 5.68. The largest absolute Gasteiger partial charge is 0.497 e. The molecule has 2 aromatic heterocycles. The van der Waals surface area contributed by atoms with Crippen molar-refractivity contribution in [1.82, 2.24) is 19.8 Å². The third-order valence-electron chi connectivity index (χ3n) is 6.62. The maximum Gasteiger partial charge on any atom is 0.259 e. The molecule has 1 aliphatic heterocycles. The molecular formula is C28H34N4O4. The van der Waals surface area contributed by atoms with Gasteiger partial charge in [-0.25, -0.2) is 4.98 Å². The van der Waals surface area contributed by atoms with Gasteiger partial charge in [-0.1, -0.05) is 19.1 Å². The maximum atomic E-state index is 13.7. The number of hydrogen-bond donors (Lipinski definition) is 1. The molecule has 3 atom stereocenters. The minimum Gasteiger partial charge on any atom is -0.497 e. The number of likely N-dealkylation sites (N-methyl/N-ethyl adjacent to an activating group) is 1. The first-order valence-electron chi connectivity index (χ1n) is 12.2. The zero-order valence-corrected chi connectivity index (χ0v) is 21.3. The smallest absolute Gasteiger partial charge is 0.259 e. The summed E-state index contributed by atoms with van der Waals surface area (Å²) in [6, 6.07) is 13.1. The molecule has 1 N–H and O–H groups in total. The molecule has 0 radical (unpaired) electrons. The van der Waals surface area contributed by atoms with Crippen LogP contribution in [-0.2, 0) is 6.54 Å². The fourth-order valence-electron chi connectivity index (χ4n) is 4.45. The number of aliphatic hydroxyl groups excluding tert-OH is 1. The molecule has 4 rings (SSSR count). The second kappa shape index (κ2) is 11.5. The molecule has 0 fully saturated rings. The summed E-state index contributed by atoms with van der Waals surface area (Å²) in [5.41, 5.74) is 3.24. The first kappa shape index (κ1) is 25.6. The third-order valence-corrected chi connectivity index (χ3v) is 6.62. The molecule has 0 saturated carbocycles. The van der Waals surface area contributed by atoms with Crippen LogP contribution in [-0.4, -0.2) is 76.8 Å². The normalized spacial score (nSPS) is 18.7.